The van der Waals surface area contributed by atoms with Crippen LogP contribution in [0, 0.1) is 0 Å². The van der Waals surface area contributed by atoms with E-state index in [1.54, 1.807) is 17.5 Å². The van der Waals surface area contributed by atoms with Crippen LogP contribution in [0.25, 0.3) is 10.9 Å². The normalized spacial score (nSPS) is 16.8. The quantitative estimate of drug-likeness (QED) is 0.748. The second kappa shape index (κ2) is 6.33. The van der Waals surface area contributed by atoms with Gasteiger partial charge in [0.1, 0.15) is 12.4 Å². The lowest BCUT2D eigenvalue weighted by atomic mass is 10.1. The van der Waals surface area contributed by atoms with E-state index in [0.717, 1.165) is 22.0 Å². The molecule has 1 N–H and O–H groups in total. The third-order valence-corrected chi connectivity index (χ3v) is 4.06. The van der Waals surface area contributed by atoms with Crippen molar-refractivity contribution in [2.24, 2.45) is 0 Å². The van der Waals surface area contributed by atoms with Gasteiger partial charge in [0.25, 0.3) is 0 Å². The highest BCUT2D eigenvalue weighted by Gasteiger charge is 2.10. The van der Waals surface area contributed by atoms with Gasteiger partial charge in [0.05, 0.1) is 0 Å². The number of nitrogens with one attached hydrogen (secondary N) is 1. The Balaban J connectivity index is 1.82. The molecular formula is C17H20N2OS. The van der Waals surface area contributed by atoms with Crippen molar-refractivity contribution in [1.29, 1.82) is 0 Å². The molecule has 2 heterocycles. The Hall–Kier alpha value is -1.78. The molecule has 21 heavy (non-hydrogen) atoms. The van der Waals surface area contributed by atoms with Crippen LogP contribution in [0.4, 0.5) is 0 Å². The number of aromatic amines is 1. The van der Waals surface area contributed by atoms with Gasteiger partial charge in [0.15, 0.2) is 0 Å². The Morgan fingerprint density at radius 2 is 2.29 bits per heavy atom. The van der Waals surface area contributed by atoms with Crippen LogP contribution in [0.2, 0.25) is 0 Å². The monoisotopic (exact) mass is 306 g/mol. The number of fused-ring (bicyclic) bond motifs is 1. The number of hydrogen-bond donors (Lipinski definition) is 1. The molecule has 3 rings (SSSR count). The average molecular weight is 306 g/mol. The van der Waals surface area contributed by atoms with Crippen LogP contribution < -0.4 is 4.74 Å². The summed E-state index contributed by atoms with van der Waals surface area (Å²) < 4.78 is 50.9. The van der Waals surface area contributed by atoms with Crippen LogP contribution in [-0.4, -0.2) is 30.4 Å². The van der Waals surface area contributed by atoms with Crippen LogP contribution in [0.1, 0.15) is 19.4 Å². The van der Waals surface area contributed by atoms with Crippen molar-refractivity contribution >= 4 is 22.2 Å². The number of ether oxygens (including phenoxy) is 1. The van der Waals surface area contributed by atoms with Gasteiger partial charge in [-0.05, 0) is 60.5 Å². The molecule has 110 valence electrons. The molecule has 0 amide bonds. The maximum Gasteiger partial charge on any atom is 0.129 e. The van der Waals surface area contributed by atoms with Crippen molar-refractivity contribution in [3.8, 4) is 5.75 Å². The van der Waals surface area contributed by atoms with Crippen LogP contribution >= 0.6 is 11.3 Å². The standard InChI is InChI=1S/C17H20N2OS/c1-19(2)8-6-14-10-18-15-4-3-5-16(17(14)15)20-11-13-7-9-21-12-13/h3-5,7,9-10,12,18H,6,8,11H2,1-2H3/i1D3,2D3. The molecule has 0 saturated heterocycles. The first-order valence-electron chi connectivity index (χ1n) is 9.67. The Labute approximate surface area is 137 Å². The van der Waals surface area contributed by atoms with E-state index in [4.69, 9.17) is 13.0 Å². The molecule has 0 saturated carbocycles. The third kappa shape index (κ3) is 3.28. The van der Waals surface area contributed by atoms with Gasteiger partial charge in [0.2, 0.25) is 0 Å². The number of aromatic nitrogens is 1. The fourth-order valence-corrected chi connectivity index (χ4v) is 2.96. The molecule has 3 aromatic rings. The summed E-state index contributed by atoms with van der Waals surface area (Å²) in [6.07, 6.45) is 2.05. The van der Waals surface area contributed by atoms with E-state index in [-0.39, 0.29) is 13.0 Å². The summed E-state index contributed by atoms with van der Waals surface area (Å²) in [4.78, 5) is 3.72. The predicted octanol–water partition coefficient (Wildman–Crippen LogP) is 3.91. The van der Waals surface area contributed by atoms with E-state index in [1.165, 1.54) is 0 Å². The molecule has 0 unspecified atom stereocenters. The van der Waals surface area contributed by atoms with Crippen molar-refractivity contribution in [3.05, 3.63) is 52.3 Å². The number of likely N-dealkylation sites (N-methyl/N-ethyl adjacent to an activating group) is 1. The molecule has 1 aromatic carbocycles. The lowest BCUT2D eigenvalue weighted by molar-refractivity contribution is 0.310. The number of nitrogens with zero attached hydrogens (tertiary/aromatic N) is 1. The number of H-pyrrole nitrogens is 1. The fourth-order valence-electron chi connectivity index (χ4n) is 2.31. The van der Waals surface area contributed by atoms with E-state index < -0.39 is 14.0 Å². The van der Waals surface area contributed by atoms with Gasteiger partial charge in [-0.25, -0.2) is 0 Å². The summed E-state index contributed by atoms with van der Waals surface area (Å²) in [7, 11) is 0. The predicted molar refractivity (Wildman–Crippen MR) is 89.2 cm³/mol. The van der Waals surface area contributed by atoms with Crippen LogP contribution in [-0.2, 0) is 13.0 Å². The second-order valence-corrected chi connectivity index (χ2v) is 5.59. The summed E-state index contributed by atoms with van der Waals surface area (Å²) in [5.41, 5.74) is 2.76. The Bertz CT molecular complexity index is 871. The molecular weight excluding hydrogens is 280 g/mol. The summed E-state index contributed by atoms with van der Waals surface area (Å²) >= 11 is 1.60. The maximum absolute atomic E-state index is 7.49. The highest BCUT2D eigenvalue weighted by atomic mass is 32.1. The summed E-state index contributed by atoms with van der Waals surface area (Å²) in [5, 5.41) is 4.85. The Morgan fingerprint density at radius 3 is 3.10 bits per heavy atom. The molecule has 0 spiro atoms. The molecule has 3 nitrogen and oxygen atoms in total. The first kappa shape index (κ1) is 8.61. The summed E-state index contributed by atoms with van der Waals surface area (Å²) in [5.74, 6) is 0.685. The van der Waals surface area contributed by atoms with Crippen LogP contribution in [0.3, 0.4) is 0 Å². The Kier molecular flexibility index (Phi) is 2.59. The molecule has 0 radical (unpaired) electrons. The van der Waals surface area contributed by atoms with Gasteiger partial charge in [-0.15, -0.1) is 0 Å². The van der Waals surface area contributed by atoms with Gasteiger partial charge in [-0.3, -0.25) is 0 Å². The molecule has 0 aliphatic heterocycles. The molecule has 0 aliphatic rings. The second-order valence-electron chi connectivity index (χ2n) is 4.81. The fraction of sp³-hybridized carbons (Fsp3) is 0.294. The molecule has 0 bridgehead atoms. The van der Waals surface area contributed by atoms with E-state index in [9.17, 15) is 0 Å². The van der Waals surface area contributed by atoms with Crippen molar-refractivity contribution in [2.75, 3.05) is 20.5 Å². The van der Waals surface area contributed by atoms with Crippen molar-refractivity contribution in [3.63, 3.8) is 0 Å². The van der Waals surface area contributed by atoms with Gasteiger partial charge in [-0.2, -0.15) is 11.3 Å². The zero-order chi connectivity index (χ0) is 19.7. The average Bonchev–Trinajstić information content (AvgIpc) is 3.20. The van der Waals surface area contributed by atoms with Gasteiger partial charge in [-0.1, -0.05) is 6.07 Å². The van der Waals surface area contributed by atoms with E-state index >= 15 is 0 Å². The third-order valence-electron chi connectivity index (χ3n) is 3.33. The highest BCUT2D eigenvalue weighted by molar-refractivity contribution is 7.07. The zero-order valence-electron chi connectivity index (χ0n) is 17.4. The minimum Gasteiger partial charge on any atom is -0.488 e. The zero-order valence-corrected chi connectivity index (χ0v) is 12.2. The van der Waals surface area contributed by atoms with Gasteiger partial charge < -0.3 is 14.6 Å². The van der Waals surface area contributed by atoms with Crippen molar-refractivity contribution in [1.82, 2.24) is 9.88 Å². The minimum absolute atomic E-state index is 0.112. The van der Waals surface area contributed by atoms with E-state index in [0.29, 0.717) is 17.3 Å². The largest absolute Gasteiger partial charge is 0.488 e. The Morgan fingerprint density at radius 1 is 1.33 bits per heavy atom. The number of hydrogen-bond acceptors (Lipinski definition) is 3. The van der Waals surface area contributed by atoms with Crippen molar-refractivity contribution < 1.29 is 13.0 Å². The minimum atomic E-state index is -2.68. The first-order valence-corrected chi connectivity index (χ1v) is 7.61. The SMILES string of the molecule is [2H]C([2H])([2H])N(CCc1c[nH]c2cccc(OCc3ccsc3)c12)C([2H])([2H])[2H]. The molecule has 2 aromatic heterocycles. The first-order chi connectivity index (χ1) is 12.7. The highest BCUT2D eigenvalue weighted by Crippen LogP contribution is 2.30. The van der Waals surface area contributed by atoms with Crippen molar-refractivity contribution in [2.45, 2.75) is 13.0 Å². The lowest BCUT2D eigenvalue weighted by Crippen LogP contribution is -2.14. The van der Waals surface area contributed by atoms with E-state index in [2.05, 4.69) is 4.98 Å². The van der Waals surface area contributed by atoms with Gasteiger partial charge in [0, 0.05) is 31.9 Å². The molecule has 4 heteroatoms. The van der Waals surface area contributed by atoms with E-state index in [1.807, 2.05) is 35.0 Å². The number of benzene rings is 1. The molecule has 0 aliphatic carbocycles. The number of thiophene rings is 1. The summed E-state index contributed by atoms with van der Waals surface area (Å²) in [6.45, 7) is -5.05. The lowest BCUT2D eigenvalue weighted by Gasteiger charge is -2.11. The van der Waals surface area contributed by atoms with Crippen LogP contribution in [0.15, 0.2) is 41.2 Å². The number of rotatable bonds is 6. The van der Waals surface area contributed by atoms with Gasteiger partial charge >= 0.3 is 0 Å². The topological polar surface area (TPSA) is 28.3 Å². The summed E-state index contributed by atoms with van der Waals surface area (Å²) in [6, 6.07) is 7.63. The maximum atomic E-state index is 7.49. The molecule has 0 atom stereocenters. The molecule has 0 fully saturated rings. The smallest absolute Gasteiger partial charge is 0.129 e. The van der Waals surface area contributed by atoms with Crippen LogP contribution in [0.5, 0.6) is 5.75 Å².